The van der Waals surface area contributed by atoms with Crippen molar-refractivity contribution < 1.29 is 9.47 Å². The van der Waals surface area contributed by atoms with Gasteiger partial charge in [0.15, 0.2) is 0 Å². The van der Waals surface area contributed by atoms with Gasteiger partial charge in [-0.15, -0.1) is 0 Å². The molecule has 1 aromatic rings. The average Bonchev–Trinajstić information content (AvgIpc) is 2.48. The third-order valence-electron chi connectivity index (χ3n) is 4.13. The van der Waals surface area contributed by atoms with Crippen LogP contribution in [0.15, 0.2) is 30.5 Å². The second-order valence-corrected chi connectivity index (χ2v) is 5.12. The molecule has 1 aliphatic heterocycles. The van der Waals surface area contributed by atoms with E-state index in [0.717, 1.165) is 30.9 Å². The molecule has 0 saturated heterocycles. The summed E-state index contributed by atoms with van der Waals surface area (Å²) in [5, 5.41) is 0. The lowest BCUT2D eigenvalue weighted by atomic mass is 9.73. The van der Waals surface area contributed by atoms with Gasteiger partial charge in [0.2, 0.25) is 0 Å². The Morgan fingerprint density at radius 2 is 2.05 bits per heavy atom. The number of ether oxygens (including phenoxy) is 2. The van der Waals surface area contributed by atoms with Crippen molar-refractivity contribution >= 4 is 0 Å². The summed E-state index contributed by atoms with van der Waals surface area (Å²) in [6.07, 6.45) is 6.63. The van der Waals surface area contributed by atoms with E-state index < -0.39 is 0 Å². The molecule has 0 saturated carbocycles. The van der Waals surface area contributed by atoms with Crippen LogP contribution < -0.4 is 9.47 Å². The quantitative estimate of drug-likeness (QED) is 0.830. The molecule has 0 spiro atoms. The highest BCUT2D eigenvalue weighted by molar-refractivity contribution is 5.47. The molecule has 1 aliphatic rings. The van der Waals surface area contributed by atoms with Gasteiger partial charge < -0.3 is 14.4 Å². The van der Waals surface area contributed by atoms with Crippen LogP contribution in [0, 0.1) is 0 Å². The van der Waals surface area contributed by atoms with Crippen LogP contribution in [0.1, 0.15) is 25.3 Å². The first-order valence-electron chi connectivity index (χ1n) is 6.77. The summed E-state index contributed by atoms with van der Waals surface area (Å²) in [7, 11) is 5.54. The van der Waals surface area contributed by atoms with Crippen LogP contribution in [0.25, 0.3) is 0 Å². The van der Waals surface area contributed by atoms with Gasteiger partial charge in [0.1, 0.15) is 11.5 Å². The fourth-order valence-corrected chi connectivity index (χ4v) is 2.72. The zero-order chi connectivity index (χ0) is 13.9. The summed E-state index contributed by atoms with van der Waals surface area (Å²) in [6, 6.07) is 6.06. The van der Waals surface area contributed by atoms with E-state index in [1.807, 2.05) is 12.1 Å². The minimum Gasteiger partial charge on any atom is -0.497 e. The predicted octanol–water partition coefficient (Wildman–Crippen LogP) is 3.20. The van der Waals surface area contributed by atoms with Crippen molar-refractivity contribution in [1.82, 2.24) is 4.90 Å². The summed E-state index contributed by atoms with van der Waals surface area (Å²) in [5.74, 6) is 1.83. The largest absolute Gasteiger partial charge is 0.497 e. The number of benzene rings is 1. The summed E-state index contributed by atoms with van der Waals surface area (Å²) >= 11 is 0. The van der Waals surface area contributed by atoms with E-state index in [-0.39, 0.29) is 5.41 Å². The van der Waals surface area contributed by atoms with Crippen LogP contribution in [0.4, 0.5) is 0 Å². The fourth-order valence-electron chi connectivity index (χ4n) is 2.72. The van der Waals surface area contributed by atoms with Crippen LogP contribution in [0.5, 0.6) is 11.5 Å². The Morgan fingerprint density at radius 3 is 2.58 bits per heavy atom. The molecule has 3 heteroatoms. The molecule has 0 amide bonds. The smallest absolute Gasteiger partial charge is 0.123 e. The van der Waals surface area contributed by atoms with E-state index in [0.29, 0.717) is 0 Å². The Labute approximate surface area is 115 Å². The Balaban J connectivity index is 2.50. The topological polar surface area (TPSA) is 21.7 Å². The zero-order valence-electron chi connectivity index (χ0n) is 12.3. The van der Waals surface area contributed by atoms with E-state index in [1.54, 1.807) is 14.2 Å². The third-order valence-corrected chi connectivity index (χ3v) is 4.13. The molecule has 1 heterocycles. The third kappa shape index (κ3) is 2.55. The maximum atomic E-state index is 5.55. The van der Waals surface area contributed by atoms with Crippen molar-refractivity contribution in [3.05, 3.63) is 36.0 Å². The molecule has 0 aliphatic carbocycles. The number of nitrogens with zero attached hydrogens (tertiary/aromatic N) is 1. The Morgan fingerprint density at radius 1 is 1.26 bits per heavy atom. The zero-order valence-corrected chi connectivity index (χ0v) is 12.3. The molecule has 1 unspecified atom stereocenters. The molecule has 3 nitrogen and oxygen atoms in total. The first kappa shape index (κ1) is 13.8. The van der Waals surface area contributed by atoms with Crippen molar-refractivity contribution in [3.8, 4) is 11.5 Å². The maximum Gasteiger partial charge on any atom is 0.123 e. The highest BCUT2D eigenvalue weighted by atomic mass is 16.5. The monoisotopic (exact) mass is 261 g/mol. The lowest BCUT2D eigenvalue weighted by Gasteiger charge is -2.37. The first-order chi connectivity index (χ1) is 9.15. The molecule has 2 rings (SSSR count). The van der Waals surface area contributed by atoms with Crippen molar-refractivity contribution in [1.29, 1.82) is 0 Å². The van der Waals surface area contributed by atoms with E-state index in [2.05, 4.69) is 37.2 Å². The number of allylic oxidation sites excluding steroid dienone is 1. The van der Waals surface area contributed by atoms with Crippen molar-refractivity contribution in [2.75, 3.05) is 27.8 Å². The maximum absolute atomic E-state index is 5.55. The highest BCUT2D eigenvalue weighted by Crippen LogP contribution is 2.42. The molecule has 0 radical (unpaired) electrons. The van der Waals surface area contributed by atoms with E-state index >= 15 is 0 Å². The summed E-state index contributed by atoms with van der Waals surface area (Å²) in [4.78, 5) is 2.22. The van der Waals surface area contributed by atoms with Gasteiger partial charge in [-0.2, -0.15) is 0 Å². The fraction of sp³-hybridized carbons (Fsp3) is 0.500. The number of hydrogen-bond donors (Lipinski definition) is 0. The lowest BCUT2D eigenvalue weighted by Crippen LogP contribution is -2.33. The Hall–Kier alpha value is -1.64. The Bertz CT molecular complexity index is 470. The van der Waals surface area contributed by atoms with Crippen molar-refractivity contribution in [3.63, 3.8) is 0 Å². The first-order valence-corrected chi connectivity index (χ1v) is 6.77. The minimum absolute atomic E-state index is 0.0480. The lowest BCUT2D eigenvalue weighted by molar-refractivity contribution is 0.321. The van der Waals surface area contributed by atoms with E-state index in [4.69, 9.17) is 9.47 Å². The molecular formula is C16H23NO2. The number of methoxy groups -OCH3 is 2. The number of hydrogen-bond acceptors (Lipinski definition) is 3. The summed E-state index contributed by atoms with van der Waals surface area (Å²) in [6.45, 7) is 3.29. The summed E-state index contributed by atoms with van der Waals surface area (Å²) < 4.78 is 10.9. The number of rotatable bonds is 4. The average molecular weight is 261 g/mol. The molecule has 104 valence electrons. The van der Waals surface area contributed by atoms with Crippen molar-refractivity contribution in [2.24, 2.45) is 0 Å². The molecule has 0 bridgehead atoms. The van der Waals surface area contributed by atoms with Gasteiger partial charge in [0.25, 0.3) is 0 Å². The Kier molecular flexibility index (Phi) is 4.03. The SMILES string of the molecule is CCC1(c2cc(OC)ccc2OC)C=CN(C)CC1. The second kappa shape index (κ2) is 5.55. The van der Waals surface area contributed by atoms with Crippen LogP contribution in [0.2, 0.25) is 0 Å². The van der Waals surface area contributed by atoms with Gasteiger partial charge in [-0.05, 0) is 37.2 Å². The van der Waals surface area contributed by atoms with Crippen LogP contribution in [-0.2, 0) is 5.41 Å². The predicted molar refractivity (Wildman–Crippen MR) is 77.9 cm³/mol. The van der Waals surface area contributed by atoms with Crippen LogP contribution in [0.3, 0.4) is 0 Å². The molecule has 1 aromatic carbocycles. The summed E-state index contributed by atoms with van der Waals surface area (Å²) in [5.41, 5.74) is 1.27. The van der Waals surface area contributed by atoms with Gasteiger partial charge in [-0.25, -0.2) is 0 Å². The van der Waals surface area contributed by atoms with Gasteiger partial charge in [-0.3, -0.25) is 0 Å². The van der Waals surface area contributed by atoms with E-state index in [1.165, 1.54) is 5.56 Å². The van der Waals surface area contributed by atoms with Gasteiger partial charge in [0.05, 0.1) is 14.2 Å². The van der Waals surface area contributed by atoms with Gasteiger partial charge >= 0.3 is 0 Å². The standard InChI is InChI=1S/C16H23NO2/c1-5-16(8-10-17(2)11-9-16)14-12-13(18-3)6-7-15(14)19-4/h6-8,10,12H,5,9,11H2,1-4H3. The normalized spacial score (nSPS) is 22.4. The van der Waals surface area contributed by atoms with Gasteiger partial charge in [-0.1, -0.05) is 13.0 Å². The minimum atomic E-state index is 0.0480. The second-order valence-electron chi connectivity index (χ2n) is 5.12. The molecular weight excluding hydrogens is 238 g/mol. The van der Waals surface area contributed by atoms with Crippen LogP contribution >= 0.6 is 0 Å². The molecule has 0 fully saturated rings. The molecule has 19 heavy (non-hydrogen) atoms. The molecule has 0 N–H and O–H groups in total. The van der Waals surface area contributed by atoms with E-state index in [9.17, 15) is 0 Å². The highest BCUT2D eigenvalue weighted by Gasteiger charge is 2.33. The molecule has 1 atom stereocenters. The molecule has 0 aromatic heterocycles. The van der Waals surface area contributed by atoms with Crippen molar-refractivity contribution in [2.45, 2.75) is 25.2 Å². The van der Waals surface area contributed by atoms with Gasteiger partial charge in [0, 0.05) is 24.6 Å². The van der Waals surface area contributed by atoms with Crippen LogP contribution in [-0.4, -0.2) is 32.7 Å².